The summed E-state index contributed by atoms with van der Waals surface area (Å²) in [5.41, 5.74) is -1.41. The molecule has 1 N–H and O–H groups in total. The molecule has 2 heterocycles. The molecule has 35 heavy (non-hydrogen) atoms. The lowest BCUT2D eigenvalue weighted by molar-refractivity contribution is -0.121. The van der Waals surface area contributed by atoms with Crippen LogP contribution in [0.5, 0.6) is 5.75 Å². The fraction of sp³-hybridized carbons (Fsp3) is 0.417. The number of amides is 2. The van der Waals surface area contributed by atoms with Crippen LogP contribution >= 0.6 is 0 Å². The Bertz CT molecular complexity index is 1300. The van der Waals surface area contributed by atoms with Gasteiger partial charge in [0.15, 0.2) is 0 Å². The summed E-state index contributed by atoms with van der Waals surface area (Å²) in [5, 5.41) is 2.76. The van der Waals surface area contributed by atoms with Crippen molar-refractivity contribution in [1.29, 1.82) is 0 Å². The van der Waals surface area contributed by atoms with Crippen LogP contribution in [-0.4, -0.2) is 43.9 Å². The third-order valence-electron chi connectivity index (χ3n) is 6.63. The van der Waals surface area contributed by atoms with E-state index in [9.17, 15) is 26.8 Å². The van der Waals surface area contributed by atoms with Gasteiger partial charge >= 0.3 is 6.61 Å². The SMILES string of the molecule is CC1(NC(=O)c2cc3c(cc2F)N(c2cccc(OC(F)F)c2)C(=O)C3(C)C)CCS(=O)(=O)CC1. The molecule has 7 nitrogen and oxygen atoms in total. The van der Waals surface area contributed by atoms with Gasteiger partial charge in [-0.15, -0.1) is 0 Å². The van der Waals surface area contributed by atoms with Gasteiger partial charge in [-0.3, -0.25) is 14.5 Å². The first-order valence-corrected chi connectivity index (χ1v) is 12.8. The highest BCUT2D eigenvalue weighted by molar-refractivity contribution is 7.91. The highest BCUT2D eigenvalue weighted by atomic mass is 32.2. The van der Waals surface area contributed by atoms with Crippen LogP contribution in [0, 0.1) is 5.82 Å². The number of hydrogen-bond acceptors (Lipinski definition) is 5. The van der Waals surface area contributed by atoms with Crippen molar-refractivity contribution in [3.05, 3.63) is 53.3 Å². The number of nitrogens with zero attached hydrogens (tertiary/aromatic N) is 1. The van der Waals surface area contributed by atoms with Gasteiger partial charge < -0.3 is 10.1 Å². The molecule has 1 saturated heterocycles. The molecule has 2 amide bonds. The minimum absolute atomic E-state index is 0.0682. The molecule has 2 aliphatic heterocycles. The van der Waals surface area contributed by atoms with E-state index in [1.54, 1.807) is 20.8 Å². The Hall–Kier alpha value is -3.08. The molecule has 0 spiro atoms. The fourth-order valence-electron chi connectivity index (χ4n) is 4.44. The summed E-state index contributed by atoms with van der Waals surface area (Å²) in [7, 11) is -3.15. The Morgan fingerprint density at radius 3 is 2.40 bits per heavy atom. The number of carbonyl (C=O) groups excluding carboxylic acids is 2. The van der Waals surface area contributed by atoms with Gasteiger partial charge in [0.25, 0.3) is 5.91 Å². The second-order valence-corrected chi connectivity index (χ2v) is 12.0. The zero-order chi connectivity index (χ0) is 25.8. The van der Waals surface area contributed by atoms with Gasteiger partial charge in [-0.05, 0) is 63.4 Å². The molecule has 0 unspecified atom stereocenters. The average molecular weight is 511 g/mol. The molecule has 0 saturated carbocycles. The Morgan fingerprint density at radius 2 is 1.77 bits per heavy atom. The van der Waals surface area contributed by atoms with Gasteiger partial charge in [-0.2, -0.15) is 8.78 Å². The lowest BCUT2D eigenvalue weighted by Crippen LogP contribution is -2.51. The number of carbonyl (C=O) groups is 2. The van der Waals surface area contributed by atoms with Gasteiger partial charge in [0.2, 0.25) is 5.91 Å². The third kappa shape index (κ3) is 4.73. The molecule has 188 valence electrons. The van der Waals surface area contributed by atoms with Crippen molar-refractivity contribution in [3.8, 4) is 5.75 Å². The van der Waals surface area contributed by atoms with Gasteiger partial charge in [-0.25, -0.2) is 12.8 Å². The Labute approximate surface area is 201 Å². The Balaban J connectivity index is 1.68. The van der Waals surface area contributed by atoms with Gasteiger partial charge in [0.05, 0.1) is 33.9 Å². The summed E-state index contributed by atoms with van der Waals surface area (Å²) in [6, 6.07) is 7.91. The minimum atomic E-state index is -3.15. The quantitative estimate of drug-likeness (QED) is 0.655. The highest BCUT2D eigenvalue weighted by Crippen LogP contribution is 2.47. The predicted molar refractivity (Wildman–Crippen MR) is 123 cm³/mol. The topological polar surface area (TPSA) is 92.8 Å². The fourth-order valence-corrected chi connectivity index (χ4v) is 6.16. The summed E-state index contributed by atoms with van der Waals surface area (Å²) in [5.74, 6) is -2.30. The zero-order valence-electron chi connectivity index (χ0n) is 19.4. The normalized spacial score (nSPS) is 20.0. The molecule has 2 aliphatic rings. The molecule has 11 heteroatoms. The number of nitrogens with one attached hydrogen (secondary N) is 1. The first kappa shape index (κ1) is 25.0. The van der Waals surface area contributed by atoms with Crippen molar-refractivity contribution in [1.82, 2.24) is 5.32 Å². The van der Waals surface area contributed by atoms with E-state index in [4.69, 9.17) is 0 Å². The Kier molecular flexibility index (Phi) is 6.11. The van der Waals surface area contributed by atoms with E-state index in [2.05, 4.69) is 10.1 Å². The molecule has 0 aliphatic carbocycles. The third-order valence-corrected chi connectivity index (χ3v) is 8.28. The number of rotatable bonds is 5. The summed E-state index contributed by atoms with van der Waals surface area (Å²) < 4.78 is 68.4. The molecule has 1 fully saturated rings. The van der Waals surface area contributed by atoms with E-state index < -0.39 is 45.0 Å². The zero-order valence-corrected chi connectivity index (χ0v) is 20.2. The Morgan fingerprint density at radius 1 is 1.11 bits per heavy atom. The van der Waals surface area contributed by atoms with Crippen molar-refractivity contribution in [2.45, 2.75) is 51.2 Å². The second kappa shape index (κ2) is 8.54. The van der Waals surface area contributed by atoms with Crippen molar-refractivity contribution in [3.63, 3.8) is 0 Å². The number of sulfone groups is 1. The predicted octanol–water partition coefficient (Wildman–Crippen LogP) is 4.08. The minimum Gasteiger partial charge on any atom is -0.435 e. The standard InChI is InChI=1S/C24H25F3N2O5S/c1-23(2)17-12-16(20(30)28-24(3)7-9-35(32,33)10-8-24)18(25)13-19(17)29(21(23)31)14-5-4-6-15(11-14)34-22(26)27/h4-6,11-13,22H,7-10H2,1-3H3,(H,28,30). The van der Waals surface area contributed by atoms with Crippen molar-refractivity contribution in [2.75, 3.05) is 16.4 Å². The van der Waals surface area contributed by atoms with Crippen molar-refractivity contribution in [2.24, 2.45) is 0 Å². The largest absolute Gasteiger partial charge is 0.435 e. The van der Waals surface area contributed by atoms with E-state index >= 15 is 4.39 Å². The number of halogens is 3. The van der Waals surface area contributed by atoms with Crippen LogP contribution in [0.3, 0.4) is 0 Å². The highest BCUT2D eigenvalue weighted by Gasteiger charge is 2.46. The molecule has 2 aromatic rings. The summed E-state index contributed by atoms with van der Waals surface area (Å²) >= 11 is 0. The molecule has 2 aromatic carbocycles. The van der Waals surface area contributed by atoms with Crippen LogP contribution in [0.1, 0.15) is 49.5 Å². The number of ether oxygens (including phenoxy) is 1. The molecular weight excluding hydrogens is 485 g/mol. The summed E-state index contributed by atoms with van der Waals surface area (Å²) in [4.78, 5) is 27.5. The average Bonchev–Trinajstić information content (AvgIpc) is 2.94. The number of fused-ring (bicyclic) bond motifs is 1. The maximum absolute atomic E-state index is 15.2. The lowest BCUT2D eigenvalue weighted by Gasteiger charge is -2.34. The monoisotopic (exact) mass is 510 g/mol. The summed E-state index contributed by atoms with van der Waals surface area (Å²) in [6.07, 6.45) is 0.421. The number of anilines is 2. The van der Waals surface area contributed by atoms with Crippen LogP contribution in [0.2, 0.25) is 0 Å². The first-order valence-electron chi connectivity index (χ1n) is 11.0. The van der Waals surface area contributed by atoms with Gasteiger partial charge in [-0.1, -0.05) is 6.07 Å². The molecular formula is C24H25F3N2O5S. The molecule has 0 atom stereocenters. The first-order chi connectivity index (χ1) is 16.2. The molecule has 0 bridgehead atoms. The van der Waals surface area contributed by atoms with E-state index in [0.717, 1.165) is 6.07 Å². The molecule has 0 aromatic heterocycles. The van der Waals surface area contributed by atoms with Crippen LogP contribution in [0.15, 0.2) is 36.4 Å². The lowest BCUT2D eigenvalue weighted by atomic mass is 9.85. The smallest absolute Gasteiger partial charge is 0.387 e. The maximum atomic E-state index is 15.2. The van der Waals surface area contributed by atoms with Crippen LogP contribution in [0.25, 0.3) is 0 Å². The van der Waals surface area contributed by atoms with E-state index in [1.807, 2.05) is 0 Å². The van der Waals surface area contributed by atoms with Crippen LogP contribution < -0.4 is 15.0 Å². The number of benzene rings is 2. The second-order valence-electron chi connectivity index (χ2n) is 9.66. The van der Waals surface area contributed by atoms with Gasteiger partial charge in [0.1, 0.15) is 21.4 Å². The maximum Gasteiger partial charge on any atom is 0.387 e. The molecule has 4 rings (SSSR count). The van der Waals surface area contributed by atoms with Crippen molar-refractivity contribution < 1.29 is 35.9 Å². The number of alkyl halides is 2. The van der Waals surface area contributed by atoms with E-state index in [1.165, 1.54) is 35.2 Å². The van der Waals surface area contributed by atoms with E-state index in [-0.39, 0.29) is 47.0 Å². The van der Waals surface area contributed by atoms with Crippen LogP contribution in [-0.2, 0) is 20.0 Å². The number of hydrogen-bond donors (Lipinski definition) is 1. The van der Waals surface area contributed by atoms with Crippen molar-refractivity contribution >= 4 is 33.0 Å². The van der Waals surface area contributed by atoms with Crippen LogP contribution in [0.4, 0.5) is 24.5 Å². The van der Waals surface area contributed by atoms with Gasteiger partial charge in [0, 0.05) is 11.6 Å². The molecule has 0 radical (unpaired) electrons. The van der Waals surface area contributed by atoms with E-state index in [0.29, 0.717) is 5.56 Å². The summed E-state index contributed by atoms with van der Waals surface area (Å²) in [6.45, 7) is 1.92.